The molecule has 0 unspecified atom stereocenters. The van der Waals surface area contributed by atoms with Crippen molar-refractivity contribution < 1.29 is 14.1 Å². The van der Waals surface area contributed by atoms with Crippen LogP contribution in [0.15, 0.2) is 10.6 Å². The van der Waals surface area contributed by atoms with E-state index in [9.17, 15) is 4.79 Å². The summed E-state index contributed by atoms with van der Waals surface area (Å²) in [5.41, 5.74) is 0.231. The summed E-state index contributed by atoms with van der Waals surface area (Å²) < 4.78 is 11.1. The highest BCUT2D eigenvalue weighted by Crippen LogP contribution is 2.40. The van der Waals surface area contributed by atoms with Crippen LogP contribution in [0.25, 0.3) is 0 Å². The Balaban J connectivity index is 1.46. The molecule has 134 valence electrons. The van der Waals surface area contributed by atoms with Crippen molar-refractivity contribution in [3.8, 4) is 0 Å². The lowest BCUT2D eigenvalue weighted by Crippen LogP contribution is -2.42. The van der Waals surface area contributed by atoms with Crippen molar-refractivity contribution in [3.63, 3.8) is 0 Å². The van der Waals surface area contributed by atoms with Crippen molar-refractivity contribution in [2.75, 3.05) is 19.7 Å². The zero-order chi connectivity index (χ0) is 17.6. The van der Waals surface area contributed by atoms with E-state index in [1.807, 2.05) is 0 Å². The van der Waals surface area contributed by atoms with Gasteiger partial charge >= 0.3 is 0 Å². The van der Waals surface area contributed by atoms with Gasteiger partial charge in [0.05, 0.1) is 13.2 Å². The molecule has 3 heterocycles. The molecule has 1 aliphatic carbocycles. The number of hydrogen-bond donors (Lipinski definition) is 1. The van der Waals surface area contributed by atoms with Gasteiger partial charge in [-0.1, -0.05) is 25.9 Å². The van der Waals surface area contributed by atoms with Crippen LogP contribution in [0, 0.1) is 0 Å². The molecule has 0 radical (unpaired) electrons. The second-order valence-electron chi connectivity index (χ2n) is 7.79. The highest BCUT2D eigenvalue weighted by Gasteiger charge is 2.33. The molecule has 0 bridgehead atoms. The van der Waals surface area contributed by atoms with Gasteiger partial charge in [-0.3, -0.25) is 9.89 Å². The molecule has 1 N–H and O–H groups in total. The Morgan fingerprint density at radius 3 is 2.84 bits per heavy atom. The van der Waals surface area contributed by atoms with Gasteiger partial charge < -0.3 is 14.2 Å². The summed E-state index contributed by atoms with van der Waals surface area (Å²) in [6.07, 6.45) is 1.92. The normalized spacial score (nSPS) is 21.6. The predicted molar refractivity (Wildman–Crippen MR) is 88.2 cm³/mol. The molecule has 25 heavy (non-hydrogen) atoms. The lowest BCUT2D eigenvalue weighted by atomic mass is 9.96. The second-order valence-corrected chi connectivity index (χ2v) is 7.79. The van der Waals surface area contributed by atoms with E-state index in [4.69, 9.17) is 9.26 Å². The van der Waals surface area contributed by atoms with Crippen LogP contribution in [0.5, 0.6) is 0 Å². The maximum atomic E-state index is 12.7. The predicted octanol–water partition coefficient (Wildman–Crippen LogP) is 2.18. The molecule has 1 amide bonds. The van der Waals surface area contributed by atoms with E-state index in [1.54, 1.807) is 11.0 Å². The molecule has 2 aliphatic rings. The molecule has 8 heteroatoms. The van der Waals surface area contributed by atoms with Gasteiger partial charge in [-0.2, -0.15) is 5.10 Å². The number of aromatic amines is 1. The van der Waals surface area contributed by atoms with E-state index in [0.29, 0.717) is 37.1 Å². The number of aromatic nitrogens is 4. The molecule has 2 aromatic heterocycles. The van der Waals surface area contributed by atoms with Crippen molar-refractivity contribution in [3.05, 3.63) is 29.2 Å². The van der Waals surface area contributed by atoms with Gasteiger partial charge in [-0.15, -0.1) is 0 Å². The summed E-state index contributed by atoms with van der Waals surface area (Å²) in [5, 5.41) is 11.2. The number of H-pyrrole nitrogens is 1. The first-order valence-electron chi connectivity index (χ1n) is 8.72. The highest BCUT2D eigenvalue weighted by atomic mass is 16.5. The number of hydrogen-bond acceptors (Lipinski definition) is 6. The van der Waals surface area contributed by atoms with Crippen LogP contribution in [0.3, 0.4) is 0 Å². The Bertz CT molecular complexity index is 771. The van der Waals surface area contributed by atoms with Crippen LogP contribution >= 0.6 is 0 Å². The Hall–Kier alpha value is -2.22. The summed E-state index contributed by atoms with van der Waals surface area (Å²) >= 11 is 0. The first-order valence-corrected chi connectivity index (χ1v) is 8.72. The quantitative estimate of drug-likeness (QED) is 0.916. The lowest BCUT2D eigenvalue weighted by molar-refractivity contribution is -0.0270. The molecule has 2 fully saturated rings. The fraction of sp³-hybridized carbons (Fsp3) is 0.647. The molecular formula is C17H23N5O3. The Morgan fingerprint density at radius 1 is 1.36 bits per heavy atom. The van der Waals surface area contributed by atoms with Crippen LogP contribution in [0.2, 0.25) is 0 Å². The molecule has 1 saturated heterocycles. The molecule has 1 aliphatic heterocycles. The monoisotopic (exact) mass is 345 g/mol. The van der Waals surface area contributed by atoms with Gasteiger partial charge in [0.1, 0.15) is 11.9 Å². The number of nitrogens with one attached hydrogen (secondary N) is 1. The molecular weight excluding hydrogens is 322 g/mol. The molecule has 1 atom stereocenters. The maximum Gasteiger partial charge on any atom is 0.276 e. The molecule has 0 aromatic carbocycles. The summed E-state index contributed by atoms with van der Waals surface area (Å²) in [4.78, 5) is 19.0. The highest BCUT2D eigenvalue weighted by molar-refractivity contribution is 5.92. The third kappa shape index (κ3) is 3.30. The van der Waals surface area contributed by atoms with Crippen molar-refractivity contribution in [1.29, 1.82) is 0 Å². The summed E-state index contributed by atoms with van der Waals surface area (Å²) in [6.45, 7) is 7.57. The van der Waals surface area contributed by atoms with E-state index < -0.39 is 0 Å². The topological polar surface area (TPSA) is 97.1 Å². The molecule has 4 rings (SSSR count). The SMILES string of the molecule is CC(C)(C)c1n[nH]c([C@@H]2CN(C(=O)c3cc(C4CC4)on3)CCO2)n1. The molecule has 8 nitrogen and oxygen atoms in total. The van der Waals surface area contributed by atoms with Gasteiger partial charge in [0.25, 0.3) is 5.91 Å². The minimum Gasteiger partial charge on any atom is -0.367 e. The van der Waals surface area contributed by atoms with Crippen LogP contribution in [-0.2, 0) is 10.2 Å². The fourth-order valence-electron chi connectivity index (χ4n) is 2.87. The third-order valence-electron chi connectivity index (χ3n) is 4.56. The number of nitrogens with zero attached hydrogens (tertiary/aromatic N) is 4. The summed E-state index contributed by atoms with van der Waals surface area (Å²) in [5.74, 6) is 2.52. The Labute approximate surface area is 145 Å². The van der Waals surface area contributed by atoms with Gasteiger partial charge in [-0.05, 0) is 12.8 Å². The maximum absolute atomic E-state index is 12.7. The van der Waals surface area contributed by atoms with Crippen LogP contribution < -0.4 is 0 Å². The van der Waals surface area contributed by atoms with Gasteiger partial charge in [0, 0.05) is 23.9 Å². The van der Waals surface area contributed by atoms with E-state index in [-0.39, 0.29) is 17.4 Å². The molecule has 2 aromatic rings. The largest absolute Gasteiger partial charge is 0.367 e. The van der Waals surface area contributed by atoms with Crippen LogP contribution in [0.1, 0.15) is 73.5 Å². The first kappa shape index (κ1) is 16.3. The average Bonchev–Trinajstić information content (AvgIpc) is 3.12. The third-order valence-corrected chi connectivity index (χ3v) is 4.56. The standard InChI is InChI=1S/C17H23N5O3/c1-17(2,3)16-18-14(19-20-16)13-9-22(6-7-24-13)15(23)11-8-12(25-21-11)10-4-5-10/h8,10,13H,4-7,9H2,1-3H3,(H,18,19,20)/t13-/m0/s1. The van der Waals surface area contributed by atoms with Gasteiger partial charge in [0.15, 0.2) is 17.3 Å². The average molecular weight is 345 g/mol. The summed E-state index contributed by atoms with van der Waals surface area (Å²) in [6, 6.07) is 1.77. The van der Waals surface area contributed by atoms with Crippen LogP contribution in [0.4, 0.5) is 0 Å². The number of morpholine rings is 1. The fourth-order valence-corrected chi connectivity index (χ4v) is 2.87. The van der Waals surface area contributed by atoms with Crippen molar-refractivity contribution in [2.24, 2.45) is 0 Å². The zero-order valence-electron chi connectivity index (χ0n) is 14.8. The van der Waals surface area contributed by atoms with Crippen molar-refractivity contribution in [1.82, 2.24) is 25.2 Å². The smallest absolute Gasteiger partial charge is 0.276 e. The lowest BCUT2D eigenvalue weighted by Gasteiger charge is -2.31. The first-order chi connectivity index (χ1) is 11.9. The van der Waals surface area contributed by atoms with Gasteiger partial charge in [-0.25, -0.2) is 4.98 Å². The van der Waals surface area contributed by atoms with E-state index in [0.717, 1.165) is 24.4 Å². The van der Waals surface area contributed by atoms with Gasteiger partial charge in [0.2, 0.25) is 0 Å². The number of rotatable bonds is 3. The van der Waals surface area contributed by atoms with E-state index >= 15 is 0 Å². The van der Waals surface area contributed by atoms with E-state index in [1.165, 1.54) is 0 Å². The zero-order valence-corrected chi connectivity index (χ0v) is 14.8. The second kappa shape index (κ2) is 5.94. The van der Waals surface area contributed by atoms with Crippen molar-refractivity contribution >= 4 is 5.91 Å². The minimum absolute atomic E-state index is 0.125. The van der Waals surface area contributed by atoms with Crippen molar-refractivity contribution in [2.45, 2.75) is 51.0 Å². The van der Waals surface area contributed by atoms with E-state index in [2.05, 4.69) is 41.1 Å². The number of amides is 1. The number of carbonyl (C=O) groups is 1. The molecule has 0 spiro atoms. The minimum atomic E-state index is -0.309. The Morgan fingerprint density at radius 2 is 2.16 bits per heavy atom. The summed E-state index contributed by atoms with van der Waals surface area (Å²) in [7, 11) is 0. The Kier molecular flexibility index (Phi) is 3.87. The molecule has 1 saturated carbocycles. The number of carbonyl (C=O) groups excluding carboxylic acids is 1. The number of ether oxygens (including phenoxy) is 1. The van der Waals surface area contributed by atoms with Crippen LogP contribution in [-0.4, -0.2) is 50.8 Å².